The molecule has 0 saturated heterocycles. The van der Waals surface area contributed by atoms with Gasteiger partial charge in [0.15, 0.2) is 0 Å². The summed E-state index contributed by atoms with van der Waals surface area (Å²) in [5.74, 6) is 0.154. The van der Waals surface area contributed by atoms with Gasteiger partial charge in [0.25, 0.3) is 0 Å². The Bertz CT molecular complexity index is 813. The Morgan fingerprint density at radius 1 is 1.17 bits per heavy atom. The van der Waals surface area contributed by atoms with Crippen molar-refractivity contribution >= 4 is 5.71 Å². The molecule has 30 heavy (non-hydrogen) atoms. The summed E-state index contributed by atoms with van der Waals surface area (Å²) in [7, 11) is 0. The maximum Gasteiger partial charge on any atom is 0.145 e. The number of halogens is 1. The van der Waals surface area contributed by atoms with E-state index in [0.717, 1.165) is 16.8 Å². The summed E-state index contributed by atoms with van der Waals surface area (Å²) in [5.41, 5.74) is 2.83. The Morgan fingerprint density at radius 2 is 1.97 bits per heavy atom. The van der Waals surface area contributed by atoms with Crippen molar-refractivity contribution in [1.82, 2.24) is 4.90 Å². The number of aliphatic hydroxyl groups is 1. The fourth-order valence-corrected chi connectivity index (χ4v) is 3.50. The highest BCUT2D eigenvalue weighted by Crippen LogP contribution is 2.19. The van der Waals surface area contributed by atoms with Gasteiger partial charge in [0.1, 0.15) is 11.9 Å². The van der Waals surface area contributed by atoms with Crippen molar-refractivity contribution in [2.75, 3.05) is 26.3 Å². The Morgan fingerprint density at radius 3 is 2.70 bits per heavy atom. The van der Waals surface area contributed by atoms with Gasteiger partial charge in [-0.25, -0.2) is 4.39 Å². The van der Waals surface area contributed by atoms with Crippen molar-refractivity contribution in [2.24, 2.45) is 11.1 Å². The van der Waals surface area contributed by atoms with E-state index in [0.29, 0.717) is 38.6 Å². The molecule has 0 amide bonds. The molecule has 6 heteroatoms. The normalized spacial score (nSPS) is 17.3. The molecule has 1 aliphatic heterocycles. The average molecular weight is 415 g/mol. The lowest BCUT2D eigenvalue weighted by Gasteiger charge is -2.27. The lowest BCUT2D eigenvalue weighted by molar-refractivity contribution is -0.00735. The monoisotopic (exact) mass is 414 g/mol. The van der Waals surface area contributed by atoms with E-state index in [1.807, 2.05) is 36.4 Å². The number of rotatable bonds is 11. The molecule has 1 heterocycles. The number of aliphatic hydroxyl groups excluding tert-OH is 1. The molecular weight excluding hydrogens is 383 g/mol. The molecule has 1 N–H and O–H groups in total. The summed E-state index contributed by atoms with van der Waals surface area (Å²) in [4.78, 5) is 7.74. The van der Waals surface area contributed by atoms with Crippen LogP contribution in [0.15, 0.2) is 59.8 Å². The van der Waals surface area contributed by atoms with Gasteiger partial charge in [-0.15, -0.1) is 0 Å². The number of ether oxygens (including phenoxy) is 1. The van der Waals surface area contributed by atoms with Crippen LogP contribution in [-0.4, -0.2) is 54.2 Å². The van der Waals surface area contributed by atoms with Gasteiger partial charge < -0.3 is 14.7 Å². The van der Waals surface area contributed by atoms with Gasteiger partial charge in [-0.3, -0.25) is 4.90 Å². The van der Waals surface area contributed by atoms with Crippen LogP contribution in [-0.2, 0) is 16.1 Å². The number of hydrogen-bond acceptors (Lipinski definition) is 5. The fraction of sp³-hybridized carbons (Fsp3) is 0.458. The maximum atomic E-state index is 13.6. The first-order valence-electron chi connectivity index (χ1n) is 10.5. The van der Waals surface area contributed by atoms with Crippen LogP contribution in [0.3, 0.4) is 0 Å². The van der Waals surface area contributed by atoms with E-state index in [4.69, 9.17) is 9.57 Å². The predicted octanol–water partition coefficient (Wildman–Crippen LogP) is 3.85. The summed E-state index contributed by atoms with van der Waals surface area (Å²) in [5, 5.41) is 14.7. The molecule has 0 saturated carbocycles. The largest absolute Gasteiger partial charge is 0.390 e. The lowest BCUT2D eigenvalue weighted by Crippen LogP contribution is -2.39. The van der Waals surface area contributed by atoms with Gasteiger partial charge in [-0.1, -0.05) is 61.5 Å². The highest BCUT2D eigenvalue weighted by Gasteiger charge is 2.25. The number of hydrogen-bond donors (Lipinski definition) is 1. The van der Waals surface area contributed by atoms with Gasteiger partial charge in [0, 0.05) is 32.7 Å². The Labute approximate surface area is 178 Å². The SMILES string of the molecule is CC(C)COCC(O)CN(Cc1cccc(F)c1)CC1CC(c2ccccc2)=NO1. The topological polar surface area (TPSA) is 54.3 Å². The molecule has 0 aliphatic carbocycles. The third kappa shape index (κ3) is 7.20. The van der Waals surface area contributed by atoms with E-state index in [-0.39, 0.29) is 18.5 Å². The highest BCUT2D eigenvalue weighted by atomic mass is 19.1. The first kappa shape index (κ1) is 22.4. The number of nitrogens with zero attached hydrogens (tertiary/aromatic N) is 2. The summed E-state index contributed by atoms with van der Waals surface area (Å²) >= 11 is 0. The van der Waals surface area contributed by atoms with Crippen LogP contribution < -0.4 is 0 Å². The molecule has 2 unspecified atom stereocenters. The second kappa shape index (κ2) is 11.2. The third-order valence-electron chi connectivity index (χ3n) is 4.83. The van der Waals surface area contributed by atoms with Crippen LogP contribution in [0.5, 0.6) is 0 Å². The predicted molar refractivity (Wildman–Crippen MR) is 116 cm³/mol. The zero-order valence-electron chi connectivity index (χ0n) is 17.7. The van der Waals surface area contributed by atoms with E-state index in [1.165, 1.54) is 12.1 Å². The Balaban J connectivity index is 1.59. The van der Waals surface area contributed by atoms with Gasteiger partial charge in [0.2, 0.25) is 0 Å². The molecule has 0 aromatic heterocycles. The Hall–Kier alpha value is -2.28. The zero-order chi connectivity index (χ0) is 21.3. The molecular formula is C24H31FN2O3. The Kier molecular flexibility index (Phi) is 8.37. The second-order valence-corrected chi connectivity index (χ2v) is 8.24. The lowest BCUT2D eigenvalue weighted by atomic mass is 10.0. The van der Waals surface area contributed by atoms with Gasteiger partial charge >= 0.3 is 0 Å². The molecule has 1 aliphatic rings. The molecule has 2 aromatic rings. The fourth-order valence-electron chi connectivity index (χ4n) is 3.50. The first-order valence-corrected chi connectivity index (χ1v) is 10.5. The van der Waals surface area contributed by atoms with Crippen molar-refractivity contribution in [1.29, 1.82) is 0 Å². The van der Waals surface area contributed by atoms with E-state index in [2.05, 4.69) is 23.9 Å². The molecule has 0 radical (unpaired) electrons. The standard InChI is InChI=1S/C24H31FN2O3/c1-18(2)16-29-17-22(28)14-27(13-19-7-6-10-21(25)11-19)15-23-12-24(26-30-23)20-8-4-3-5-9-20/h3-11,18,22-23,28H,12-17H2,1-2H3. The van der Waals surface area contributed by atoms with Crippen LogP contribution in [0.25, 0.3) is 0 Å². The zero-order valence-corrected chi connectivity index (χ0v) is 17.7. The third-order valence-corrected chi connectivity index (χ3v) is 4.83. The van der Waals surface area contributed by atoms with Gasteiger partial charge in [-0.2, -0.15) is 0 Å². The van der Waals surface area contributed by atoms with Crippen LogP contribution in [0.2, 0.25) is 0 Å². The molecule has 2 aromatic carbocycles. The number of oxime groups is 1. The van der Waals surface area contributed by atoms with Crippen LogP contribution in [0.1, 0.15) is 31.4 Å². The van der Waals surface area contributed by atoms with Crippen molar-refractivity contribution in [3.63, 3.8) is 0 Å². The van der Waals surface area contributed by atoms with Crippen molar-refractivity contribution in [3.8, 4) is 0 Å². The van der Waals surface area contributed by atoms with Crippen LogP contribution >= 0.6 is 0 Å². The van der Waals surface area contributed by atoms with Crippen molar-refractivity contribution in [3.05, 3.63) is 71.5 Å². The average Bonchev–Trinajstić information content (AvgIpc) is 3.17. The smallest absolute Gasteiger partial charge is 0.145 e. The minimum atomic E-state index is -0.631. The van der Waals surface area contributed by atoms with Crippen LogP contribution in [0.4, 0.5) is 4.39 Å². The quantitative estimate of drug-likeness (QED) is 0.607. The van der Waals surface area contributed by atoms with Crippen molar-refractivity contribution < 1.29 is 19.1 Å². The first-order chi connectivity index (χ1) is 14.5. The molecule has 0 bridgehead atoms. The van der Waals surface area contributed by atoms with E-state index in [9.17, 15) is 9.50 Å². The number of benzene rings is 2. The maximum absolute atomic E-state index is 13.6. The van der Waals surface area contributed by atoms with Gasteiger partial charge in [0.05, 0.1) is 18.4 Å². The van der Waals surface area contributed by atoms with Crippen molar-refractivity contribution in [2.45, 2.75) is 39.0 Å². The summed E-state index contributed by atoms with van der Waals surface area (Å²) in [6.07, 6.45) is -0.0466. The van der Waals surface area contributed by atoms with Crippen LogP contribution in [0, 0.1) is 11.7 Å². The molecule has 2 atom stereocenters. The highest BCUT2D eigenvalue weighted by molar-refractivity contribution is 6.01. The molecule has 0 spiro atoms. The van der Waals surface area contributed by atoms with Gasteiger partial charge in [-0.05, 0) is 29.2 Å². The van der Waals surface area contributed by atoms with E-state index >= 15 is 0 Å². The minimum absolute atomic E-state index is 0.113. The summed E-state index contributed by atoms with van der Waals surface area (Å²) in [6, 6.07) is 16.5. The molecule has 162 valence electrons. The second-order valence-electron chi connectivity index (χ2n) is 8.24. The van der Waals surface area contributed by atoms with E-state index in [1.54, 1.807) is 6.07 Å². The summed E-state index contributed by atoms with van der Waals surface area (Å²) in [6.45, 7) is 6.54. The molecule has 0 fully saturated rings. The summed E-state index contributed by atoms with van der Waals surface area (Å²) < 4.78 is 19.2. The molecule has 5 nitrogen and oxygen atoms in total. The minimum Gasteiger partial charge on any atom is -0.390 e. The van der Waals surface area contributed by atoms with E-state index < -0.39 is 6.10 Å². The molecule has 3 rings (SSSR count).